The molecule has 0 radical (unpaired) electrons. The average molecular weight is 1090 g/mol. The highest BCUT2D eigenvalue weighted by Crippen LogP contribution is 2.37. The van der Waals surface area contributed by atoms with Gasteiger partial charge in [0.1, 0.15) is 0 Å². The molecular formula is C69H90N12. The Bertz CT molecular complexity index is 3500. The van der Waals surface area contributed by atoms with E-state index in [1.807, 2.05) is 222 Å². The molecule has 12 aromatic rings. The molecular weight excluding hydrogens is 997 g/mol. The van der Waals surface area contributed by atoms with Crippen molar-refractivity contribution < 1.29 is 0 Å². The van der Waals surface area contributed by atoms with Crippen LogP contribution in [0, 0.1) is 0 Å². The number of imidazole rings is 2. The SMILES string of the molecule is CC.CC.CC.CC.CC.CC.Cn1cc2c(n1)-c1ccccc1C2.Cn1cc2c(n1)Cc1ccccc1-2.Cn1cc2ccccc2n1.Cn1cnc2c1-c1ccccc1C2.Cn1cnc2ccccc21.Cn1ncc2ccccc21. The van der Waals surface area contributed by atoms with Crippen molar-refractivity contribution in [2.45, 2.75) is 102 Å². The van der Waals surface area contributed by atoms with Gasteiger partial charge >= 0.3 is 0 Å². The Morgan fingerprint density at radius 2 is 0.827 bits per heavy atom. The zero-order valence-corrected chi connectivity index (χ0v) is 51.8. The van der Waals surface area contributed by atoms with Crippen molar-refractivity contribution in [3.8, 4) is 33.6 Å². The number of para-hydroxylation sites is 3. The van der Waals surface area contributed by atoms with E-state index in [4.69, 9.17) is 0 Å². The van der Waals surface area contributed by atoms with Crippen LogP contribution in [0.2, 0.25) is 0 Å². The van der Waals surface area contributed by atoms with Gasteiger partial charge in [-0.25, -0.2) is 9.97 Å². The van der Waals surface area contributed by atoms with Crippen LogP contribution in [0.1, 0.15) is 117 Å². The third kappa shape index (κ3) is 16.5. The summed E-state index contributed by atoms with van der Waals surface area (Å²) in [5.74, 6) is 0. The molecule has 3 aliphatic carbocycles. The van der Waals surface area contributed by atoms with E-state index in [1.165, 1.54) is 83.4 Å². The number of aromatic nitrogens is 12. The summed E-state index contributed by atoms with van der Waals surface area (Å²) in [5.41, 5.74) is 20.2. The lowest BCUT2D eigenvalue weighted by molar-refractivity contribution is 0.749. The first-order chi connectivity index (χ1) is 39.7. The Hall–Kier alpha value is -8.64. The van der Waals surface area contributed by atoms with Crippen molar-refractivity contribution in [1.82, 2.24) is 58.2 Å². The minimum absolute atomic E-state index is 0.992. The highest BCUT2D eigenvalue weighted by molar-refractivity contribution is 5.79. The van der Waals surface area contributed by atoms with Crippen LogP contribution in [0.25, 0.3) is 66.5 Å². The Morgan fingerprint density at radius 1 is 0.346 bits per heavy atom. The molecule has 15 rings (SSSR count). The molecule has 0 spiro atoms. The van der Waals surface area contributed by atoms with Gasteiger partial charge in [-0.05, 0) is 46.5 Å². The second kappa shape index (κ2) is 33.7. The molecule has 0 bridgehead atoms. The molecule has 12 nitrogen and oxygen atoms in total. The Labute approximate surface area is 483 Å². The van der Waals surface area contributed by atoms with E-state index in [0.717, 1.165) is 36.0 Å². The third-order valence-electron chi connectivity index (χ3n) is 12.6. The van der Waals surface area contributed by atoms with E-state index in [0.29, 0.717) is 0 Å². The van der Waals surface area contributed by atoms with E-state index < -0.39 is 0 Å². The van der Waals surface area contributed by atoms with Crippen molar-refractivity contribution in [1.29, 1.82) is 0 Å². The predicted octanol–water partition coefficient (Wildman–Crippen LogP) is 16.9. The standard InChI is InChI=1S/3C11H10N2.3C8H8N2.6C2H6/c1-13-7-9-6-8-4-2-3-5-10(8)11(9)12-13;1-13-7-10-9-5-3-2-4-8(9)6-11(10)12-13;1-13-7-12-10-6-8-4-2-3-5-9(8)11(10)13;1-10-6-9-7-4-2-3-5-8(7)10;1-10-6-7-4-2-3-5-8(7)9-10;1-10-8-5-3-2-4-7(8)6-9-10;6*1-2/h3*2-5,7H,6H2,1H3;3*2-6H,1H3;6*1-2H3. The molecule has 81 heavy (non-hydrogen) atoms. The van der Waals surface area contributed by atoms with Crippen molar-refractivity contribution in [2.75, 3.05) is 0 Å². The molecule has 0 unspecified atom stereocenters. The molecule has 12 heteroatoms. The lowest BCUT2D eigenvalue weighted by Gasteiger charge is -2.00. The summed E-state index contributed by atoms with van der Waals surface area (Å²) in [6, 6.07) is 49.8. The largest absolute Gasteiger partial charge is 0.334 e. The van der Waals surface area contributed by atoms with Gasteiger partial charge in [0.2, 0.25) is 0 Å². The molecule has 426 valence electrons. The molecule has 6 heterocycles. The maximum atomic E-state index is 4.45. The highest BCUT2D eigenvalue weighted by atomic mass is 15.3. The fourth-order valence-corrected chi connectivity index (χ4v) is 9.32. The van der Waals surface area contributed by atoms with Crippen molar-refractivity contribution in [3.05, 3.63) is 217 Å². The fourth-order valence-electron chi connectivity index (χ4n) is 9.32. The van der Waals surface area contributed by atoms with Crippen molar-refractivity contribution in [3.63, 3.8) is 0 Å². The number of fused-ring (bicyclic) bond motifs is 12. The Balaban J connectivity index is 0.000000202. The smallest absolute Gasteiger partial charge is 0.0961 e. The van der Waals surface area contributed by atoms with E-state index >= 15 is 0 Å². The number of hydrogen-bond donors (Lipinski definition) is 0. The average Bonchev–Trinajstić information content (AvgIpc) is 4.56. The van der Waals surface area contributed by atoms with Crippen LogP contribution < -0.4 is 0 Å². The molecule has 0 N–H and O–H groups in total. The van der Waals surface area contributed by atoms with Crippen LogP contribution in [-0.2, 0) is 61.5 Å². The van der Waals surface area contributed by atoms with Crippen LogP contribution in [-0.4, -0.2) is 58.2 Å². The maximum absolute atomic E-state index is 4.45. The maximum Gasteiger partial charge on any atom is 0.0961 e. The second-order valence-corrected chi connectivity index (χ2v) is 17.5. The second-order valence-electron chi connectivity index (χ2n) is 17.5. The van der Waals surface area contributed by atoms with Crippen molar-refractivity contribution >= 4 is 32.8 Å². The minimum Gasteiger partial charge on any atom is -0.334 e. The van der Waals surface area contributed by atoms with Crippen LogP contribution in [0.4, 0.5) is 0 Å². The van der Waals surface area contributed by atoms with Gasteiger partial charge < -0.3 is 9.13 Å². The number of hydrogen-bond acceptors (Lipinski definition) is 6. The number of rotatable bonds is 0. The summed E-state index contributed by atoms with van der Waals surface area (Å²) in [6.07, 6.45) is 14.8. The molecule has 3 aliphatic rings. The first kappa shape index (κ1) is 64.9. The molecule has 0 fully saturated rings. The van der Waals surface area contributed by atoms with E-state index in [9.17, 15) is 0 Å². The van der Waals surface area contributed by atoms with Gasteiger partial charge in [-0.1, -0.05) is 204 Å². The molecule has 0 saturated carbocycles. The van der Waals surface area contributed by atoms with E-state index in [2.05, 4.69) is 144 Å². The van der Waals surface area contributed by atoms with Gasteiger partial charge in [-0.3, -0.25) is 18.7 Å². The molecule has 6 aromatic heterocycles. The summed E-state index contributed by atoms with van der Waals surface area (Å²) in [5, 5.41) is 19.6. The molecule has 0 atom stereocenters. The lowest BCUT2D eigenvalue weighted by atomic mass is 10.1. The normalized spacial score (nSPS) is 10.4. The Morgan fingerprint density at radius 3 is 1.46 bits per heavy atom. The van der Waals surface area contributed by atoms with Gasteiger partial charge in [0.15, 0.2) is 0 Å². The van der Waals surface area contributed by atoms with Crippen LogP contribution in [0.5, 0.6) is 0 Å². The summed E-state index contributed by atoms with van der Waals surface area (Å²) >= 11 is 0. The minimum atomic E-state index is 0.992. The number of aryl methyl sites for hydroxylation is 6. The van der Waals surface area contributed by atoms with Crippen LogP contribution >= 0.6 is 0 Å². The Kier molecular flexibility index (Phi) is 27.0. The molecule has 0 aliphatic heterocycles. The molecule has 0 saturated heterocycles. The van der Waals surface area contributed by atoms with Gasteiger partial charge in [-0.15, -0.1) is 0 Å². The van der Waals surface area contributed by atoms with Crippen molar-refractivity contribution in [2.24, 2.45) is 42.3 Å². The zero-order chi connectivity index (χ0) is 59.4. The summed E-state index contributed by atoms with van der Waals surface area (Å²) in [6.45, 7) is 24.0. The fraction of sp³-hybridized carbons (Fsp3) is 0.304. The van der Waals surface area contributed by atoms with Gasteiger partial charge in [0, 0.05) is 113 Å². The quantitative estimate of drug-likeness (QED) is 0.150. The van der Waals surface area contributed by atoms with Crippen LogP contribution in [0.15, 0.2) is 183 Å². The molecule has 0 amide bonds. The number of benzene rings is 6. The third-order valence-corrected chi connectivity index (χ3v) is 12.6. The lowest BCUT2D eigenvalue weighted by Crippen LogP contribution is -1.91. The highest BCUT2D eigenvalue weighted by Gasteiger charge is 2.23. The first-order valence-electron chi connectivity index (χ1n) is 29.1. The summed E-state index contributed by atoms with van der Waals surface area (Å²) in [4.78, 5) is 8.56. The summed E-state index contributed by atoms with van der Waals surface area (Å²) in [7, 11) is 11.9. The first-order valence-corrected chi connectivity index (χ1v) is 29.1. The topological polar surface area (TPSA) is 107 Å². The summed E-state index contributed by atoms with van der Waals surface area (Å²) < 4.78 is 11.6. The number of nitrogens with zero attached hydrogens (tertiary/aromatic N) is 12. The molecule has 6 aromatic carbocycles. The zero-order valence-electron chi connectivity index (χ0n) is 51.8. The van der Waals surface area contributed by atoms with Gasteiger partial charge in [-0.2, -0.15) is 20.4 Å². The van der Waals surface area contributed by atoms with Gasteiger partial charge in [0.25, 0.3) is 0 Å². The predicted molar refractivity (Wildman–Crippen MR) is 345 cm³/mol. The van der Waals surface area contributed by atoms with Gasteiger partial charge in [0.05, 0.1) is 63.7 Å². The van der Waals surface area contributed by atoms with E-state index in [-0.39, 0.29) is 0 Å². The van der Waals surface area contributed by atoms with Crippen LogP contribution in [0.3, 0.4) is 0 Å². The monoisotopic (exact) mass is 1090 g/mol. The van der Waals surface area contributed by atoms with E-state index in [1.54, 1.807) is 0 Å².